The first-order chi connectivity index (χ1) is 4.09. The van der Waals surface area contributed by atoms with Crippen LogP contribution < -0.4 is 5.73 Å². The van der Waals surface area contributed by atoms with Gasteiger partial charge < -0.3 is 10.8 Å². The molecule has 9 heavy (non-hydrogen) atoms. The highest BCUT2D eigenvalue weighted by Gasteiger charge is 2.19. The SMILES string of the molecule is CC(C)C(O)[C@H](F)CN. The van der Waals surface area contributed by atoms with Crippen molar-refractivity contribution in [2.45, 2.75) is 26.1 Å². The van der Waals surface area contributed by atoms with Crippen molar-refractivity contribution in [3.63, 3.8) is 0 Å². The van der Waals surface area contributed by atoms with E-state index in [0.717, 1.165) is 0 Å². The molecule has 0 fully saturated rings. The Morgan fingerprint density at radius 3 is 2.11 bits per heavy atom. The summed E-state index contributed by atoms with van der Waals surface area (Å²) in [6.07, 6.45) is -2.18. The minimum atomic E-state index is -1.27. The average Bonchev–Trinajstić information content (AvgIpc) is 1.84. The molecule has 2 nitrogen and oxygen atoms in total. The molecule has 0 saturated carbocycles. The Morgan fingerprint density at radius 2 is 2.00 bits per heavy atom. The minimum Gasteiger partial charge on any atom is -0.390 e. The molecule has 0 aromatic carbocycles. The third-order valence-electron chi connectivity index (χ3n) is 1.28. The average molecular weight is 135 g/mol. The van der Waals surface area contributed by atoms with E-state index in [1.54, 1.807) is 13.8 Å². The van der Waals surface area contributed by atoms with Gasteiger partial charge in [-0.2, -0.15) is 0 Å². The molecule has 0 amide bonds. The van der Waals surface area contributed by atoms with Gasteiger partial charge in [0.2, 0.25) is 0 Å². The fraction of sp³-hybridized carbons (Fsp3) is 1.00. The van der Waals surface area contributed by atoms with Crippen LogP contribution in [0.1, 0.15) is 13.8 Å². The van der Waals surface area contributed by atoms with Gasteiger partial charge in [0, 0.05) is 6.54 Å². The van der Waals surface area contributed by atoms with Gasteiger partial charge >= 0.3 is 0 Å². The minimum absolute atomic E-state index is 0.0523. The molecule has 0 bridgehead atoms. The number of aliphatic hydroxyl groups excluding tert-OH is 1. The largest absolute Gasteiger partial charge is 0.390 e. The summed E-state index contributed by atoms with van der Waals surface area (Å²) in [6, 6.07) is 0. The van der Waals surface area contributed by atoms with Gasteiger partial charge in [-0.15, -0.1) is 0 Å². The zero-order valence-corrected chi connectivity index (χ0v) is 5.84. The normalized spacial score (nSPS) is 18.0. The molecule has 0 radical (unpaired) electrons. The second kappa shape index (κ2) is 3.80. The molecule has 2 atom stereocenters. The molecular formula is C6H14FNO. The molecule has 0 aliphatic heterocycles. The summed E-state index contributed by atoms with van der Waals surface area (Å²) in [4.78, 5) is 0. The molecule has 0 aromatic heterocycles. The van der Waals surface area contributed by atoms with E-state index in [9.17, 15) is 4.39 Å². The summed E-state index contributed by atoms with van der Waals surface area (Å²) < 4.78 is 12.4. The molecule has 0 heterocycles. The van der Waals surface area contributed by atoms with E-state index >= 15 is 0 Å². The zero-order valence-electron chi connectivity index (χ0n) is 5.84. The molecule has 0 saturated heterocycles. The van der Waals surface area contributed by atoms with Gasteiger partial charge in [-0.3, -0.25) is 0 Å². The first-order valence-electron chi connectivity index (χ1n) is 3.11. The Labute approximate surface area is 54.9 Å². The van der Waals surface area contributed by atoms with Gasteiger partial charge in [-0.25, -0.2) is 4.39 Å². The Morgan fingerprint density at radius 1 is 1.56 bits per heavy atom. The molecule has 0 spiro atoms. The van der Waals surface area contributed by atoms with Crippen LogP contribution in [0.3, 0.4) is 0 Å². The van der Waals surface area contributed by atoms with Crippen molar-refractivity contribution < 1.29 is 9.50 Å². The molecule has 1 unspecified atom stereocenters. The third-order valence-corrected chi connectivity index (χ3v) is 1.28. The van der Waals surface area contributed by atoms with E-state index in [4.69, 9.17) is 10.8 Å². The number of hydrogen-bond acceptors (Lipinski definition) is 2. The molecular weight excluding hydrogens is 121 g/mol. The van der Waals surface area contributed by atoms with Gasteiger partial charge in [-0.05, 0) is 5.92 Å². The van der Waals surface area contributed by atoms with Crippen LogP contribution in [-0.2, 0) is 0 Å². The van der Waals surface area contributed by atoms with Gasteiger partial charge in [0.25, 0.3) is 0 Å². The van der Waals surface area contributed by atoms with Crippen LogP contribution in [0, 0.1) is 5.92 Å². The van der Waals surface area contributed by atoms with E-state index in [-0.39, 0.29) is 12.5 Å². The maximum atomic E-state index is 12.4. The Bertz CT molecular complexity index is 77.5. The van der Waals surface area contributed by atoms with Crippen molar-refractivity contribution in [3.8, 4) is 0 Å². The summed E-state index contributed by atoms with van der Waals surface area (Å²) in [5.41, 5.74) is 4.98. The van der Waals surface area contributed by atoms with E-state index in [1.165, 1.54) is 0 Å². The summed E-state index contributed by atoms with van der Waals surface area (Å²) in [5.74, 6) is -0.0523. The lowest BCUT2D eigenvalue weighted by Gasteiger charge is -2.16. The molecule has 3 N–H and O–H groups in total. The second-order valence-electron chi connectivity index (χ2n) is 2.49. The molecule has 56 valence electrons. The van der Waals surface area contributed by atoms with Crippen LogP contribution in [0.25, 0.3) is 0 Å². The fourth-order valence-corrected chi connectivity index (χ4v) is 0.557. The van der Waals surface area contributed by atoms with Crippen molar-refractivity contribution >= 4 is 0 Å². The zero-order chi connectivity index (χ0) is 7.44. The summed E-state index contributed by atoms with van der Waals surface area (Å²) in [7, 11) is 0. The first kappa shape index (κ1) is 8.85. The first-order valence-corrected chi connectivity index (χ1v) is 3.11. The van der Waals surface area contributed by atoms with E-state index in [2.05, 4.69) is 0 Å². The summed E-state index contributed by atoms with van der Waals surface area (Å²) >= 11 is 0. The number of alkyl halides is 1. The van der Waals surface area contributed by atoms with Gasteiger partial charge in [-0.1, -0.05) is 13.8 Å². The maximum absolute atomic E-state index is 12.4. The molecule has 0 aromatic rings. The lowest BCUT2D eigenvalue weighted by Crippen LogP contribution is -2.33. The van der Waals surface area contributed by atoms with E-state index in [1.807, 2.05) is 0 Å². The van der Waals surface area contributed by atoms with Crippen LogP contribution >= 0.6 is 0 Å². The van der Waals surface area contributed by atoms with Gasteiger partial charge in [0.15, 0.2) is 0 Å². The van der Waals surface area contributed by atoms with Crippen LogP contribution in [-0.4, -0.2) is 23.9 Å². The highest BCUT2D eigenvalue weighted by molar-refractivity contribution is 4.70. The number of aliphatic hydroxyl groups is 1. The molecule has 0 aliphatic carbocycles. The Balaban J connectivity index is 3.58. The lowest BCUT2D eigenvalue weighted by molar-refractivity contribution is 0.0455. The summed E-state index contributed by atoms with van der Waals surface area (Å²) in [5, 5.41) is 8.94. The number of rotatable bonds is 3. The van der Waals surface area contributed by atoms with Crippen molar-refractivity contribution in [1.82, 2.24) is 0 Å². The second-order valence-corrected chi connectivity index (χ2v) is 2.49. The molecule has 0 aliphatic rings. The van der Waals surface area contributed by atoms with Crippen LogP contribution in [0.15, 0.2) is 0 Å². The smallest absolute Gasteiger partial charge is 0.138 e. The van der Waals surface area contributed by atoms with Crippen molar-refractivity contribution in [1.29, 1.82) is 0 Å². The van der Waals surface area contributed by atoms with Crippen LogP contribution in [0.5, 0.6) is 0 Å². The number of nitrogens with two attached hydrogens (primary N) is 1. The number of hydrogen-bond donors (Lipinski definition) is 2. The van der Waals surface area contributed by atoms with Crippen molar-refractivity contribution in [2.75, 3.05) is 6.54 Å². The molecule has 3 heteroatoms. The Kier molecular flexibility index (Phi) is 3.73. The monoisotopic (exact) mass is 135 g/mol. The third kappa shape index (κ3) is 2.77. The van der Waals surface area contributed by atoms with Crippen molar-refractivity contribution in [2.24, 2.45) is 11.7 Å². The topological polar surface area (TPSA) is 46.2 Å². The predicted molar refractivity (Wildman–Crippen MR) is 34.8 cm³/mol. The van der Waals surface area contributed by atoms with Gasteiger partial charge in [0.05, 0.1) is 6.10 Å². The molecule has 0 rings (SSSR count). The quantitative estimate of drug-likeness (QED) is 0.584. The Hall–Kier alpha value is -0.150. The number of halogens is 1. The highest BCUT2D eigenvalue weighted by atomic mass is 19.1. The van der Waals surface area contributed by atoms with Crippen molar-refractivity contribution in [3.05, 3.63) is 0 Å². The van der Waals surface area contributed by atoms with Crippen LogP contribution in [0.2, 0.25) is 0 Å². The maximum Gasteiger partial charge on any atom is 0.138 e. The summed E-state index contributed by atoms with van der Waals surface area (Å²) in [6.45, 7) is 3.42. The predicted octanol–water partition coefficient (Wildman–Crippen LogP) is 0.300. The lowest BCUT2D eigenvalue weighted by atomic mass is 10.0. The van der Waals surface area contributed by atoms with Gasteiger partial charge in [0.1, 0.15) is 6.17 Å². The van der Waals surface area contributed by atoms with E-state index in [0.29, 0.717) is 0 Å². The fourth-order valence-electron chi connectivity index (χ4n) is 0.557. The van der Waals surface area contributed by atoms with E-state index < -0.39 is 12.3 Å². The highest BCUT2D eigenvalue weighted by Crippen LogP contribution is 2.07. The standard InChI is InChI=1S/C6H14FNO/c1-4(2)6(9)5(7)3-8/h4-6,9H,3,8H2,1-2H3/t5-,6?/m1/s1. The van der Waals surface area contributed by atoms with Crippen LogP contribution in [0.4, 0.5) is 4.39 Å².